The number of hydrogen-bond acceptors (Lipinski definition) is 5. The summed E-state index contributed by atoms with van der Waals surface area (Å²) in [6, 6.07) is 9.25. The largest absolute Gasteiger partial charge is 0.506 e. The lowest BCUT2D eigenvalue weighted by Gasteiger charge is -2.32. The maximum absolute atomic E-state index is 11.2. The number of phenols is 1. The number of fused-ring (bicyclic) bond motifs is 1. The van der Waals surface area contributed by atoms with Crippen LogP contribution >= 0.6 is 11.6 Å². The number of hydrogen-bond donors (Lipinski definition) is 1. The second-order valence-electron chi connectivity index (χ2n) is 8.87. The second kappa shape index (κ2) is 7.55. The van der Waals surface area contributed by atoms with E-state index >= 15 is 0 Å². The third-order valence-electron chi connectivity index (χ3n) is 6.06. The van der Waals surface area contributed by atoms with Gasteiger partial charge in [-0.05, 0) is 70.4 Å². The summed E-state index contributed by atoms with van der Waals surface area (Å²) in [6.45, 7) is 10.1. The smallest absolute Gasteiger partial charge is 0.498 e. The molecular formula is C22H27BClN3O3. The number of aromatic hydroxyl groups is 1. The van der Waals surface area contributed by atoms with Crippen molar-refractivity contribution >= 4 is 35.2 Å². The molecule has 0 saturated carbocycles. The minimum Gasteiger partial charge on any atom is -0.506 e. The van der Waals surface area contributed by atoms with E-state index in [1.54, 1.807) is 12.1 Å². The van der Waals surface area contributed by atoms with Gasteiger partial charge in [-0.3, -0.25) is 0 Å². The Morgan fingerprint density at radius 2 is 1.70 bits per heavy atom. The van der Waals surface area contributed by atoms with E-state index in [1.807, 2.05) is 45.9 Å². The Morgan fingerprint density at radius 1 is 1.03 bits per heavy atom. The van der Waals surface area contributed by atoms with Crippen LogP contribution in [0.3, 0.4) is 0 Å². The summed E-state index contributed by atoms with van der Waals surface area (Å²) >= 11 is 6.09. The van der Waals surface area contributed by atoms with Crippen LogP contribution in [0.4, 0.5) is 0 Å². The van der Waals surface area contributed by atoms with Crippen molar-refractivity contribution in [3.05, 3.63) is 40.9 Å². The third-order valence-corrected chi connectivity index (χ3v) is 6.30. The lowest BCUT2D eigenvalue weighted by Crippen LogP contribution is -2.41. The molecule has 0 spiro atoms. The molecule has 0 radical (unpaired) electrons. The monoisotopic (exact) mass is 427 g/mol. The summed E-state index contributed by atoms with van der Waals surface area (Å²) < 4.78 is 12.4. The molecule has 6 nitrogen and oxygen atoms in total. The number of rotatable bonds is 5. The lowest BCUT2D eigenvalue weighted by molar-refractivity contribution is 0.00578. The zero-order valence-corrected chi connectivity index (χ0v) is 18.8. The highest BCUT2D eigenvalue weighted by Gasteiger charge is 2.52. The van der Waals surface area contributed by atoms with E-state index in [4.69, 9.17) is 20.9 Å². The Hall–Kier alpha value is -2.09. The van der Waals surface area contributed by atoms with Gasteiger partial charge in [-0.25, -0.2) is 0 Å². The highest BCUT2D eigenvalue weighted by Crippen LogP contribution is 2.38. The van der Waals surface area contributed by atoms with Gasteiger partial charge in [0.25, 0.3) is 0 Å². The second-order valence-corrected chi connectivity index (χ2v) is 9.30. The van der Waals surface area contributed by atoms with E-state index in [9.17, 15) is 5.11 Å². The summed E-state index contributed by atoms with van der Waals surface area (Å²) in [5.41, 5.74) is 2.54. The number of phenolic OH excluding ortho intramolecular Hbond substituents is 1. The van der Waals surface area contributed by atoms with Crippen LogP contribution in [0, 0.1) is 0 Å². The van der Waals surface area contributed by atoms with E-state index in [0.717, 1.165) is 24.8 Å². The van der Waals surface area contributed by atoms with Crippen molar-refractivity contribution in [1.29, 1.82) is 0 Å². The van der Waals surface area contributed by atoms with Crippen molar-refractivity contribution in [1.82, 2.24) is 15.0 Å². The fourth-order valence-electron chi connectivity index (χ4n) is 3.52. The van der Waals surface area contributed by atoms with E-state index in [2.05, 4.69) is 17.1 Å². The molecule has 1 saturated heterocycles. The number of aryl methyl sites for hydroxylation is 1. The molecular weight excluding hydrogens is 401 g/mol. The molecule has 3 aromatic rings. The van der Waals surface area contributed by atoms with Crippen LogP contribution in [0.15, 0.2) is 30.3 Å². The topological polar surface area (TPSA) is 69.4 Å². The first-order valence-electron chi connectivity index (χ1n) is 10.4. The molecule has 0 unspecified atom stereocenters. The van der Waals surface area contributed by atoms with E-state index in [-0.39, 0.29) is 5.75 Å². The molecule has 1 aliphatic rings. The van der Waals surface area contributed by atoms with Crippen molar-refractivity contribution in [3.63, 3.8) is 0 Å². The molecule has 1 N–H and O–H groups in total. The highest BCUT2D eigenvalue weighted by molar-refractivity contribution is 6.63. The molecule has 1 aliphatic heterocycles. The van der Waals surface area contributed by atoms with Gasteiger partial charge in [0.1, 0.15) is 22.5 Å². The van der Waals surface area contributed by atoms with Crippen LogP contribution in [0.2, 0.25) is 5.02 Å². The minimum absolute atomic E-state index is 0.0557. The zero-order valence-electron chi connectivity index (χ0n) is 18.1. The van der Waals surface area contributed by atoms with Gasteiger partial charge in [-0.1, -0.05) is 31.0 Å². The molecule has 0 bridgehead atoms. The summed E-state index contributed by atoms with van der Waals surface area (Å²) in [5, 5.41) is 20.8. The molecule has 0 atom stereocenters. The Kier molecular flexibility index (Phi) is 5.33. The predicted molar refractivity (Wildman–Crippen MR) is 120 cm³/mol. The molecule has 158 valence electrons. The van der Waals surface area contributed by atoms with Crippen LogP contribution in [-0.2, 0) is 15.7 Å². The quantitative estimate of drug-likeness (QED) is 0.610. The van der Waals surface area contributed by atoms with Crippen molar-refractivity contribution in [2.45, 2.75) is 65.1 Å². The van der Waals surface area contributed by atoms with Crippen molar-refractivity contribution in [2.24, 2.45) is 0 Å². The van der Waals surface area contributed by atoms with Gasteiger partial charge in [0.2, 0.25) is 0 Å². The van der Waals surface area contributed by atoms with Gasteiger partial charge in [0, 0.05) is 10.5 Å². The SMILES string of the molecule is CCCCc1cc(B2OC(C)(C)C(C)(C)O2)c(O)c(-n2nc3ccc(Cl)cc3n2)c1. The Balaban J connectivity index is 1.83. The van der Waals surface area contributed by atoms with Gasteiger partial charge < -0.3 is 14.4 Å². The fraction of sp³-hybridized carbons (Fsp3) is 0.455. The van der Waals surface area contributed by atoms with Crippen LogP contribution < -0.4 is 5.46 Å². The lowest BCUT2D eigenvalue weighted by atomic mass is 9.77. The van der Waals surface area contributed by atoms with E-state index < -0.39 is 18.3 Å². The first kappa shape index (κ1) is 21.2. The number of unbranched alkanes of at least 4 members (excludes halogenated alkanes) is 1. The van der Waals surface area contributed by atoms with Crippen LogP contribution in [0.25, 0.3) is 16.7 Å². The predicted octanol–water partition coefficient (Wildman–Crippen LogP) is 4.42. The number of halogens is 1. The average Bonchev–Trinajstić information content (AvgIpc) is 3.17. The van der Waals surface area contributed by atoms with Crippen LogP contribution in [-0.4, -0.2) is 38.4 Å². The molecule has 2 heterocycles. The Labute approximate surface area is 182 Å². The average molecular weight is 428 g/mol. The number of benzene rings is 2. The van der Waals surface area contributed by atoms with Gasteiger partial charge in [-0.2, -0.15) is 0 Å². The first-order chi connectivity index (χ1) is 14.1. The van der Waals surface area contributed by atoms with Gasteiger partial charge in [-0.15, -0.1) is 15.0 Å². The standard InChI is InChI=1S/C22H27BClN3O3/c1-6-7-8-14-11-16(23-29-21(2,3)22(4,5)30-23)20(28)19(12-14)27-25-17-10-9-15(24)13-18(17)26-27/h9-13,28H,6-8H2,1-5H3. The molecule has 1 fully saturated rings. The molecule has 8 heteroatoms. The maximum atomic E-state index is 11.2. The number of nitrogens with zero attached hydrogens (tertiary/aromatic N) is 3. The summed E-state index contributed by atoms with van der Waals surface area (Å²) in [6.07, 6.45) is 2.99. The molecule has 1 aromatic heterocycles. The molecule has 0 aliphatic carbocycles. The molecule has 2 aromatic carbocycles. The van der Waals surface area contributed by atoms with Crippen molar-refractivity contribution in [3.8, 4) is 11.4 Å². The fourth-order valence-corrected chi connectivity index (χ4v) is 3.69. The highest BCUT2D eigenvalue weighted by atomic mass is 35.5. The summed E-state index contributed by atoms with van der Waals surface area (Å²) in [4.78, 5) is 1.46. The van der Waals surface area contributed by atoms with Gasteiger partial charge >= 0.3 is 7.12 Å². The Bertz CT molecular complexity index is 1080. The van der Waals surface area contributed by atoms with Crippen molar-refractivity contribution < 1.29 is 14.4 Å². The molecule has 0 amide bonds. The Morgan fingerprint density at radius 3 is 2.37 bits per heavy atom. The van der Waals surface area contributed by atoms with Crippen LogP contribution in [0.5, 0.6) is 5.75 Å². The maximum Gasteiger partial charge on any atom is 0.498 e. The molecule has 30 heavy (non-hydrogen) atoms. The van der Waals surface area contributed by atoms with Gasteiger partial charge in [0.15, 0.2) is 0 Å². The van der Waals surface area contributed by atoms with Crippen molar-refractivity contribution in [2.75, 3.05) is 0 Å². The zero-order chi connectivity index (χ0) is 21.7. The van der Waals surface area contributed by atoms with E-state index in [0.29, 0.717) is 27.2 Å². The normalized spacial score (nSPS) is 17.7. The molecule has 4 rings (SSSR count). The summed E-state index contributed by atoms with van der Waals surface area (Å²) in [5.74, 6) is 0.0557. The summed E-state index contributed by atoms with van der Waals surface area (Å²) in [7, 11) is -0.672. The van der Waals surface area contributed by atoms with Gasteiger partial charge in [0.05, 0.1) is 11.2 Å². The number of aromatic nitrogens is 3. The van der Waals surface area contributed by atoms with E-state index in [1.165, 1.54) is 4.80 Å². The minimum atomic E-state index is -0.672. The first-order valence-corrected chi connectivity index (χ1v) is 10.7. The third kappa shape index (κ3) is 3.70. The van der Waals surface area contributed by atoms with Crippen LogP contribution in [0.1, 0.15) is 53.0 Å².